The number of hydrogen-bond donors (Lipinski definition) is 0. The predicted molar refractivity (Wildman–Crippen MR) is 71.2 cm³/mol. The highest BCUT2D eigenvalue weighted by Gasteiger charge is 2.07. The fourth-order valence-corrected chi connectivity index (χ4v) is 2.32. The van der Waals surface area contributed by atoms with Crippen molar-refractivity contribution in [3.8, 4) is 0 Å². The number of hydrogen-bond acceptors (Lipinski definition) is 6. The third-order valence-electron chi connectivity index (χ3n) is 2.32. The maximum atomic E-state index is 11.3. The maximum absolute atomic E-state index is 11.3. The van der Waals surface area contributed by atoms with Gasteiger partial charge in [0.1, 0.15) is 5.03 Å². The third kappa shape index (κ3) is 3.51. The minimum absolute atomic E-state index is 0.397. The quantitative estimate of drug-likeness (QED) is 0.633. The molecule has 0 saturated carbocycles. The molecule has 0 aliphatic carbocycles. The van der Waals surface area contributed by atoms with E-state index in [0.29, 0.717) is 10.7 Å². The first-order valence-corrected chi connectivity index (χ1v) is 6.44. The van der Waals surface area contributed by atoms with E-state index in [1.807, 2.05) is 19.9 Å². The molecule has 0 radical (unpaired) electrons. The van der Waals surface area contributed by atoms with Crippen molar-refractivity contribution < 1.29 is 9.53 Å². The number of ether oxygens (including phenoxy) is 1. The van der Waals surface area contributed by atoms with E-state index in [0.717, 1.165) is 16.4 Å². The van der Waals surface area contributed by atoms with Crippen molar-refractivity contribution in [1.29, 1.82) is 0 Å². The lowest BCUT2D eigenvalue weighted by molar-refractivity contribution is 0.0600. The summed E-state index contributed by atoms with van der Waals surface area (Å²) in [7, 11) is 1.34. The Bertz CT molecular complexity index is 579. The van der Waals surface area contributed by atoms with Crippen molar-refractivity contribution in [3.63, 3.8) is 0 Å². The number of esters is 1. The van der Waals surface area contributed by atoms with Crippen LogP contribution < -0.4 is 0 Å². The molecule has 0 fully saturated rings. The van der Waals surface area contributed by atoms with Gasteiger partial charge in [-0.2, -0.15) is 0 Å². The Balaban J connectivity index is 2.17. The van der Waals surface area contributed by atoms with Crippen molar-refractivity contribution in [1.82, 2.24) is 15.0 Å². The standard InChI is InChI=1S/C13H13N3O2S/c1-8-6-9(2)16-13(15-8)19-11-5-4-10(7-14-11)12(17)18-3/h4-7H,1-3H3. The number of aromatic nitrogens is 3. The van der Waals surface area contributed by atoms with Crippen LogP contribution in [0.25, 0.3) is 0 Å². The normalized spacial score (nSPS) is 10.3. The molecular formula is C13H13N3O2S. The largest absolute Gasteiger partial charge is 0.465 e. The lowest BCUT2D eigenvalue weighted by Crippen LogP contribution is -2.01. The van der Waals surface area contributed by atoms with Gasteiger partial charge < -0.3 is 4.74 Å². The number of methoxy groups -OCH3 is 1. The summed E-state index contributed by atoms with van der Waals surface area (Å²) in [4.78, 5) is 24.1. The maximum Gasteiger partial charge on any atom is 0.339 e. The average Bonchev–Trinajstić information content (AvgIpc) is 2.37. The zero-order valence-corrected chi connectivity index (χ0v) is 11.7. The Morgan fingerprint density at radius 3 is 2.42 bits per heavy atom. The van der Waals surface area contributed by atoms with Crippen LogP contribution in [-0.4, -0.2) is 28.0 Å². The zero-order chi connectivity index (χ0) is 13.8. The van der Waals surface area contributed by atoms with Gasteiger partial charge in [0.05, 0.1) is 12.7 Å². The molecule has 0 aliphatic rings. The molecule has 6 heteroatoms. The first kappa shape index (κ1) is 13.5. The molecule has 2 heterocycles. The van der Waals surface area contributed by atoms with Crippen LogP contribution >= 0.6 is 11.8 Å². The zero-order valence-electron chi connectivity index (χ0n) is 10.9. The van der Waals surface area contributed by atoms with Crippen molar-refractivity contribution >= 4 is 17.7 Å². The lowest BCUT2D eigenvalue weighted by atomic mass is 10.3. The summed E-state index contributed by atoms with van der Waals surface area (Å²) in [6, 6.07) is 5.33. The molecule has 0 amide bonds. The molecule has 98 valence electrons. The molecule has 0 atom stereocenters. The first-order valence-electron chi connectivity index (χ1n) is 5.63. The molecule has 0 saturated heterocycles. The van der Waals surface area contributed by atoms with Gasteiger partial charge in [-0.25, -0.2) is 19.7 Å². The molecule has 2 rings (SSSR count). The van der Waals surface area contributed by atoms with Crippen molar-refractivity contribution in [3.05, 3.63) is 41.3 Å². The van der Waals surface area contributed by atoms with Gasteiger partial charge in [0.25, 0.3) is 0 Å². The van der Waals surface area contributed by atoms with E-state index in [1.54, 1.807) is 12.1 Å². The van der Waals surface area contributed by atoms with Crippen molar-refractivity contribution in [2.24, 2.45) is 0 Å². The molecule has 2 aromatic heterocycles. The van der Waals surface area contributed by atoms with Crippen molar-refractivity contribution in [2.45, 2.75) is 24.0 Å². The minimum atomic E-state index is -0.397. The Morgan fingerprint density at radius 1 is 1.21 bits per heavy atom. The van der Waals surface area contributed by atoms with Gasteiger partial charge >= 0.3 is 5.97 Å². The highest BCUT2D eigenvalue weighted by molar-refractivity contribution is 7.99. The second-order valence-electron chi connectivity index (χ2n) is 3.91. The summed E-state index contributed by atoms with van der Waals surface area (Å²) in [5, 5.41) is 1.38. The number of carbonyl (C=O) groups excluding carboxylic acids is 1. The molecule has 0 aromatic carbocycles. The Morgan fingerprint density at radius 2 is 1.89 bits per heavy atom. The van der Waals surface area contributed by atoms with Gasteiger partial charge in [-0.15, -0.1) is 0 Å². The lowest BCUT2D eigenvalue weighted by Gasteiger charge is -2.03. The topological polar surface area (TPSA) is 65.0 Å². The summed E-state index contributed by atoms with van der Waals surface area (Å²) in [6.07, 6.45) is 1.48. The number of carbonyl (C=O) groups is 1. The smallest absolute Gasteiger partial charge is 0.339 e. The molecular weight excluding hydrogens is 262 g/mol. The highest BCUT2D eigenvalue weighted by atomic mass is 32.2. The highest BCUT2D eigenvalue weighted by Crippen LogP contribution is 2.23. The molecule has 19 heavy (non-hydrogen) atoms. The predicted octanol–water partition coefficient (Wildman–Crippen LogP) is 2.43. The van der Waals surface area contributed by atoms with Crippen LogP contribution in [0.1, 0.15) is 21.7 Å². The number of nitrogens with zero attached hydrogens (tertiary/aromatic N) is 3. The van der Waals surface area contributed by atoms with E-state index in [1.165, 1.54) is 25.1 Å². The van der Waals surface area contributed by atoms with Gasteiger partial charge in [-0.1, -0.05) is 0 Å². The Labute approximate surface area is 115 Å². The van der Waals surface area contributed by atoms with Crippen molar-refractivity contribution in [2.75, 3.05) is 7.11 Å². The summed E-state index contributed by atoms with van der Waals surface area (Å²) in [6.45, 7) is 3.85. The Hall–Kier alpha value is -1.95. The van der Waals surface area contributed by atoms with Gasteiger partial charge in [-0.3, -0.25) is 0 Å². The van der Waals surface area contributed by atoms with E-state index in [9.17, 15) is 4.79 Å². The van der Waals surface area contributed by atoms with Crippen LogP contribution in [0, 0.1) is 13.8 Å². The van der Waals surface area contributed by atoms with Crippen LogP contribution in [0.2, 0.25) is 0 Å². The van der Waals surface area contributed by atoms with Crippen LogP contribution in [0.4, 0.5) is 0 Å². The molecule has 0 aliphatic heterocycles. The number of rotatable bonds is 3. The summed E-state index contributed by atoms with van der Waals surface area (Å²) in [5.74, 6) is -0.397. The fraction of sp³-hybridized carbons (Fsp3) is 0.231. The minimum Gasteiger partial charge on any atom is -0.465 e. The van der Waals surface area contributed by atoms with Crippen LogP contribution in [0.3, 0.4) is 0 Å². The van der Waals surface area contributed by atoms with Gasteiger partial charge in [0, 0.05) is 17.6 Å². The van der Waals surface area contributed by atoms with E-state index < -0.39 is 5.97 Å². The molecule has 0 spiro atoms. The average molecular weight is 275 g/mol. The molecule has 0 bridgehead atoms. The summed E-state index contributed by atoms with van der Waals surface area (Å²) < 4.78 is 4.62. The summed E-state index contributed by atoms with van der Waals surface area (Å²) >= 11 is 1.36. The van der Waals surface area contributed by atoms with Gasteiger partial charge in [0.2, 0.25) is 0 Å². The van der Waals surface area contributed by atoms with E-state index >= 15 is 0 Å². The van der Waals surface area contributed by atoms with E-state index in [-0.39, 0.29) is 0 Å². The van der Waals surface area contributed by atoms with Crippen LogP contribution in [-0.2, 0) is 4.74 Å². The molecule has 5 nitrogen and oxygen atoms in total. The van der Waals surface area contributed by atoms with Gasteiger partial charge in [0.15, 0.2) is 5.16 Å². The summed E-state index contributed by atoms with van der Waals surface area (Å²) in [5.41, 5.74) is 2.26. The first-order chi connectivity index (χ1) is 9.08. The molecule has 0 N–H and O–H groups in total. The van der Waals surface area contributed by atoms with Gasteiger partial charge in [-0.05, 0) is 43.8 Å². The van der Waals surface area contributed by atoms with Crippen LogP contribution in [0.5, 0.6) is 0 Å². The third-order valence-corrected chi connectivity index (χ3v) is 3.13. The number of pyridine rings is 1. The second-order valence-corrected chi connectivity index (χ2v) is 4.90. The van der Waals surface area contributed by atoms with E-state index in [2.05, 4.69) is 19.7 Å². The Kier molecular flexibility index (Phi) is 4.11. The van der Waals surface area contributed by atoms with Crippen LogP contribution in [0.15, 0.2) is 34.6 Å². The monoisotopic (exact) mass is 275 g/mol. The second kappa shape index (κ2) is 5.79. The van der Waals surface area contributed by atoms with E-state index in [4.69, 9.17) is 0 Å². The molecule has 2 aromatic rings. The molecule has 0 unspecified atom stereocenters. The SMILES string of the molecule is COC(=O)c1ccc(Sc2nc(C)cc(C)n2)nc1. The fourth-order valence-electron chi connectivity index (χ4n) is 1.51. The number of aryl methyl sites for hydroxylation is 2.